The van der Waals surface area contributed by atoms with E-state index < -0.39 is 0 Å². The lowest BCUT2D eigenvalue weighted by molar-refractivity contribution is -0.114. The molecule has 2 aromatic rings. The second-order valence-corrected chi connectivity index (χ2v) is 5.00. The molecule has 0 bridgehead atoms. The highest BCUT2D eigenvalue weighted by Crippen LogP contribution is 2.15. The van der Waals surface area contributed by atoms with Crippen LogP contribution in [0.1, 0.15) is 23.7 Å². The Hall–Kier alpha value is -2.67. The van der Waals surface area contributed by atoms with E-state index >= 15 is 0 Å². The van der Waals surface area contributed by atoms with E-state index in [0.717, 1.165) is 12.1 Å². The number of nitrogens with one attached hydrogen (secondary N) is 1. The third kappa shape index (κ3) is 2.99. The Morgan fingerprint density at radius 1 is 1.27 bits per heavy atom. The van der Waals surface area contributed by atoms with Crippen LogP contribution >= 0.6 is 0 Å². The van der Waals surface area contributed by atoms with Crippen molar-refractivity contribution < 1.29 is 14.4 Å². The third-order valence-corrected chi connectivity index (χ3v) is 3.26. The number of aromatic nitrogens is 2. The van der Waals surface area contributed by atoms with Crippen molar-refractivity contribution in [1.82, 2.24) is 14.8 Å². The number of hydrogen-bond acceptors (Lipinski definition) is 4. The number of rotatable bonds is 3. The molecule has 1 aromatic heterocycles. The van der Waals surface area contributed by atoms with Gasteiger partial charge in [0.15, 0.2) is 0 Å². The lowest BCUT2D eigenvalue weighted by Crippen LogP contribution is -2.26. The summed E-state index contributed by atoms with van der Waals surface area (Å²) in [5.41, 5.74) is 1.99. The molecule has 1 aromatic carbocycles. The van der Waals surface area contributed by atoms with Crippen molar-refractivity contribution >= 4 is 17.5 Å². The van der Waals surface area contributed by atoms with Crippen molar-refractivity contribution in [2.45, 2.75) is 13.3 Å². The molecule has 114 valence electrons. The molecule has 1 N–H and O–H groups in total. The Kier molecular flexibility index (Phi) is 3.88. The Morgan fingerprint density at radius 2 is 2.05 bits per heavy atom. The van der Waals surface area contributed by atoms with Crippen molar-refractivity contribution in [3.8, 4) is 5.69 Å². The second kappa shape index (κ2) is 5.98. The van der Waals surface area contributed by atoms with Gasteiger partial charge in [-0.1, -0.05) is 0 Å². The molecule has 0 atom stereocenters. The summed E-state index contributed by atoms with van der Waals surface area (Å²) >= 11 is 0. The normalized spacial score (nSPS) is 14.1. The molecule has 2 heterocycles. The molecule has 7 heteroatoms. The summed E-state index contributed by atoms with van der Waals surface area (Å²) in [4.78, 5) is 28.4. The fourth-order valence-corrected chi connectivity index (χ4v) is 2.24. The molecule has 7 nitrogen and oxygen atoms in total. The summed E-state index contributed by atoms with van der Waals surface area (Å²) in [6.45, 7) is 2.65. The van der Waals surface area contributed by atoms with E-state index in [-0.39, 0.29) is 11.8 Å². The largest absolute Gasteiger partial charge is 0.324 e. The average molecular weight is 300 g/mol. The van der Waals surface area contributed by atoms with Gasteiger partial charge < -0.3 is 5.32 Å². The van der Waals surface area contributed by atoms with E-state index in [0.29, 0.717) is 24.4 Å². The second-order valence-electron chi connectivity index (χ2n) is 5.00. The smallest absolute Gasteiger partial charge is 0.277 e. The Labute approximate surface area is 127 Å². The maximum atomic E-state index is 12.2. The molecule has 1 aliphatic heterocycles. The molecular weight excluding hydrogens is 284 g/mol. The first-order valence-electron chi connectivity index (χ1n) is 7.01. The Bertz CT molecular complexity index is 687. The standard InChI is InChI=1S/C15H16N4O3/c1-11(20)17-13-9-16-18(10-13)14-5-3-12(4-6-14)15(21)19-7-2-8-22-19/h3-6,9-10H,2,7-8H2,1H3,(H,17,20). The number of carbonyl (C=O) groups is 2. The minimum absolute atomic E-state index is 0.136. The number of benzene rings is 1. The van der Waals surface area contributed by atoms with Gasteiger partial charge in [-0.05, 0) is 30.7 Å². The van der Waals surface area contributed by atoms with Crippen LogP contribution in [0.3, 0.4) is 0 Å². The minimum atomic E-state index is -0.147. The van der Waals surface area contributed by atoms with Gasteiger partial charge in [0, 0.05) is 12.5 Å². The molecular formula is C15H16N4O3. The Balaban J connectivity index is 1.74. The first kappa shape index (κ1) is 14.3. The number of anilines is 1. The molecule has 1 aliphatic rings. The van der Waals surface area contributed by atoms with E-state index in [2.05, 4.69) is 10.4 Å². The SMILES string of the molecule is CC(=O)Nc1cnn(-c2ccc(C(=O)N3CCCO3)cc2)c1. The molecule has 0 unspecified atom stereocenters. The molecule has 0 radical (unpaired) electrons. The monoisotopic (exact) mass is 300 g/mol. The third-order valence-electron chi connectivity index (χ3n) is 3.26. The number of carbonyl (C=O) groups excluding carboxylic acids is 2. The molecule has 22 heavy (non-hydrogen) atoms. The zero-order chi connectivity index (χ0) is 15.5. The summed E-state index contributed by atoms with van der Waals surface area (Å²) < 4.78 is 1.63. The predicted molar refractivity (Wildman–Crippen MR) is 79.5 cm³/mol. The molecule has 1 fully saturated rings. The van der Waals surface area contributed by atoms with Gasteiger partial charge in [-0.15, -0.1) is 0 Å². The number of nitrogens with zero attached hydrogens (tertiary/aromatic N) is 3. The van der Waals surface area contributed by atoms with Gasteiger partial charge in [0.05, 0.1) is 36.9 Å². The van der Waals surface area contributed by atoms with Crippen molar-refractivity contribution in [3.63, 3.8) is 0 Å². The fourth-order valence-electron chi connectivity index (χ4n) is 2.24. The zero-order valence-corrected chi connectivity index (χ0v) is 12.2. The van der Waals surface area contributed by atoms with Gasteiger partial charge >= 0.3 is 0 Å². The van der Waals surface area contributed by atoms with E-state index in [1.54, 1.807) is 41.3 Å². The van der Waals surface area contributed by atoms with Gasteiger partial charge in [0.2, 0.25) is 5.91 Å². The van der Waals surface area contributed by atoms with Crippen LogP contribution in [-0.2, 0) is 9.63 Å². The van der Waals surface area contributed by atoms with Crippen molar-refractivity contribution in [2.75, 3.05) is 18.5 Å². The first-order chi connectivity index (χ1) is 10.6. The van der Waals surface area contributed by atoms with Crippen LogP contribution in [-0.4, -0.2) is 39.8 Å². The van der Waals surface area contributed by atoms with Crippen LogP contribution < -0.4 is 5.32 Å². The van der Waals surface area contributed by atoms with Crippen LogP contribution in [0.5, 0.6) is 0 Å². The highest BCUT2D eigenvalue weighted by molar-refractivity contribution is 5.93. The van der Waals surface area contributed by atoms with E-state index in [1.165, 1.54) is 12.0 Å². The van der Waals surface area contributed by atoms with Gasteiger partial charge in [0.1, 0.15) is 0 Å². The van der Waals surface area contributed by atoms with Gasteiger partial charge in [0.25, 0.3) is 5.91 Å². The average Bonchev–Trinajstić information content (AvgIpc) is 3.17. The number of hydroxylamine groups is 2. The van der Waals surface area contributed by atoms with Crippen LogP contribution in [0.4, 0.5) is 5.69 Å². The van der Waals surface area contributed by atoms with Crippen molar-refractivity contribution in [1.29, 1.82) is 0 Å². The molecule has 0 aliphatic carbocycles. The molecule has 2 amide bonds. The number of hydrogen-bond donors (Lipinski definition) is 1. The van der Waals surface area contributed by atoms with Crippen LogP contribution in [0.2, 0.25) is 0 Å². The molecule has 0 spiro atoms. The van der Waals surface area contributed by atoms with Gasteiger partial charge in [-0.25, -0.2) is 9.75 Å². The van der Waals surface area contributed by atoms with Gasteiger partial charge in [-0.3, -0.25) is 14.4 Å². The fraction of sp³-hybridized carbons (Fsp3) is 0.267. The van der Waals surface area contributed by atoms with Gasteiger partial charge in [-0.2, -0.15) is 5.10 Å². The maximum absolute atomic E-state index is 12.2. The van der Waals surface area contributed by atoms with Crippen LogP contribution in [0.25, 0.3) is 5.69 Å². The predicted octanol–water partition coefficient (Wildman–Crippen LogP) is 1.61. The topological polar surface area (TPSA) is 76.5 Å². The van der Waals surface area contributed by atoms with Crippen LogP contribution in [0, 0.1) is 0 Å². The summed E-state index contributed by atoms with van der Waals surface area (Å²) in [5.74, 6) is -0.283. The van der Waals surface area contributed by atoms with Crippen molar-refractivity contribution in [2.24, 2.45) is 0 Å². The highest BCUT2D eigenvalue weighted by Gasteiger charge is 2.20. The summed E-state index contributed by atoms with van der Waals surface area (Å²) in [6.07, 6.45) is 4.14. The van der Waals surface area contributed by atoms with E-state index in [9.17, 15) is 9.59 Å². The summed E-state index contributed by atoms with van der Waals surface area (Å²) in [6, 6.07) is 7.07. The quantitative estimate of drug-likeness (QED) is 0.934. The van der Waals surface area contributed by atoms with E-state index in [4.69, 9.17) is 4.84 Å². The minimum Gasteiger partial charge on any atom is -0.324 e. The summed E-state index contributed by atoms with van der Waals surface area (Å²) in [5, 5.41) is 8.22. The van der Waals surface area contributed by atoms with Crippen LogP contribution in [0.15, 0.2) is 36.7 Å². The lowest BCUT2D eigenvalue weighted by Gasteiger charge is -2.13. The maximum Gasteiger partial charge on any atom is 0.277 e. The highest BCUT2D eigenvalue weighted by atomic mass is 16.7. The van der Waals surface area contributed by atoms with Crippen molar-refractivity contribution in [3.05, 3.63) is 42.2 Å². The number of amides is 2. The zero-order valence-electron chi connectivity index (χ0n) is 12.2. The van der Waals surface area contributed by atoms with E-state index in [1.807, 2.05) is 0 Å². The lowest BCUT2D eigenvalue weighted by atomic mass is 10.2. The molecule has 1 saturated heterocycles. The molecule has 3 rings (SSSR count). The first-order valence-corrected chi connectivity index (χ1v) is 7.01. The summed E-state index contributed by atoms with van der Waals surface area (Å²) in [7, 11) is 0. The molecule has 0 saturated carbocycles. The Morgan fingerprint density at radius 3 is 2.68 bits per heavy atom.